The molecule has 0 amide bonds. The lowest BCUT2D eigenvalue weighted by atomic mass is 9.98. The van der Waals surface area contributed by atoms with Crippen LogP contribution in [0.15, 0.2) is 28.7 Å². The summed E-state index contributed by atoms with van der Waals surface area (Å²) in [5.41, 5.74) is 1.98. The van der Waals surface area contributed by atoms with Crippen LogP contribution in [0.3, 0.4) is 0 Å². The van der Waals surface area contributed by atoms with Crippen molar-refractivity contribution >= 4 is 17.4 Å². The number of benzene rings is 1. The van der Waals surface area contributed by atoms with Crippen LogP contribution in [0.4, 0.5) is 10.4 Å². The maximum atomic E-state index is 13.1. The Kier molecular flexibility index (Phi) is 3.57. The van der Waals surface area contributed by atoms with Crippen molar-refractivity contribution in [2.75, 3.05) is 5.32 Å². The maximum absolute atomic E-state index is 13.1. The highest BCUT2D eigenvalue weighted by atomic mass is 32.1. The van der Waals surface area contributed by atoms with Crippen LogP contribution in [0.2, 0.25) is 0 Å². The number of fused-ring (bicyclic) bond motifs is 1. The first-order valence-corrected chi connectivity index (χ1v) is 8.33. The summed E-state index contributed by atoms with van der Waals surface area (Å²) in [6, 6.07) is 6.97. The molecular weight excluding hydrogens is 315 g/mol. The van der Waals surface area contributed by atoms with E-state index < -0.39 is 0 Å². The van der Waals surface area contributed by atoms with Gasteiger partial charge in [0, 0.05) is 17.4 Å². The minimum Gasteiger partial charge on any atom is -0.408 e. The highest BCUT2D eigenvalue weighted by Gasteiger charge is 2.26. The van der Waals surface area contributed by atoms with Crippen molar-refractivity contribution in [3.8, 4) is 10.6 Å². The molecule has 0 spiro atoms. The van der Waals surface area contributed by atoms with Gasteiger partial charge in [0.15, 0.2) is 0 Å². The number of aryl methyl sites for hydroxylation is 2. The van der Waals surface area contributed by atoms with Crippen molar-refractivity contribution < 1.29 is 8.81 Å². The Morgan fingerprint density at radius 1 is 1.26 bits per heavy atom. The molecule has 5 nitrogen and oxygen atoms in total. The molecule has 1 aliphatic carbocycles. The summed E-state index contributed by atoms with van der Waals surface area (Å²) in [5.74, 6) is 0.301. The molecular formula is C16H15FN4OS. The van der Waals surface area contributed by atoms with Gasteiger partial charge in [-0.3, -0.25) is 0 Å². The monoisotopic (exact) mass is 330 g/mol. The summed E-state index contributed by atoms with van der Waals surface area (Å²) in [7, 11) is 0. The molecule has 23 heavy (non-hydrogen) atoms. The third-order valence-corrected chi connectivity index (χ3v) is 5.05. The second-order valence-electron chi connectivity index (χ2n) is 5.55. The number of anilines is 1. The Labute approximate surface area is 136 Å². The van der Waals surface area contributed by atoms with Gasteiger partial charge in [-0.2, -0.15) is 0 Å². The third-order valence-electron chi connectivity index (χ3n) is 3.87. The minimum absolute atomic E-state index is 0.0732. The van der Waals surface area contributed by atoms with E-state index in [2.05, 4.69) is 15.5 Å². The van der Waals surface area contributed by atoms with Crippen LogP contribution in [0.5, 0.6) is 0 Å². The predicted octanol–water partition coefficient (Wildman–Crippen LogP) is 4.13. The summed E-state index contributed by atoms with van der Waals surface area (Å²) >= 11 is 1.67. The molecule has 1 N–H and O–H groups in total. The smallest absolute Gasteiger partial charge is 0.315 e. The van der Waals surface area contributed by atoms with E-state index in [9.17, 15) is 4.39 Å². The van der Waals surface area contributed by atoms with Crippen LogP contribution < -0.4 is 5.32 Å². The van der Waals surface area contributed by atoms with Gasteiger partial charge in [0.05, 0.1) is 11.7 Å². The van der Waals surface area contributed by atoms with Gasteiger partial charge in [-0.05, 0) is 43.5 Å². The number of halogens is 1. The highest BCUT2D eigenvalue weighted by molar-refractivity contribution is 7.15. The molecule has 0 saturated heterocycles. The van der Waals surface area contributed by atoms with E-state index >= 15 is 0 Å². The molecule has 0 bridgehead atoms. The number of nitrogens with zero attached hydrogens (tertiary/aromatic N) is 3. The molecule has 4 rings (SSSR count). The summed E-state index contributed by atoms with van der Waals surface area (Å²) in [6.07, 6.45) is 3.08. The van der Waals surface area contributed by atoms with Gasteiger partial charge in [0.2, 0.25) is 5.89 Å². The molecule has 7 heteroatoms. The van der Waals surface area contributed by atoms with Crippen molar-refractivity contribution in [1.29, 1.82) is 0 Å². The Morgan fingerprint density at radius 2 is 2.09 bits per heavy atom. The molecule has 0 aliphatic heterocycles. The number of thiazole rings is 1. The average molecular weight is 330 g/mol. The van der Waals surface area contributed by atoms with Crippen LogP contribution in [0, 0.1) is 12.7 Å². The van der Waals surface area contributed by atoms with E-state index in [1.54, 1.807) is 30.4 Å². The van der Waals surface area contributed by atoms with Crippen LogP contribution in [0.25, 0.3) is 10.6 Å². The van der Waals surface area contributed by atoms with Crippen LogP contribution in [-0.4, -0.2) is 15.2 Å². The molecule has 0 radical (unpaired) electrons. The highest BCUT2D eigenvalue weighted by Crippen LogP contribution is 2.38. The quantitative estimate of drug-likeness (QED) is 0.782. The van der Waals surface area contributed by atoms with Gasteiger partial charge in [-0.15, -0.1) is 16.4 Å². The van der Waals surface area contributed by atoms with Gasteiger partial charge in [-0.1, -0.05) is 5.10 Å². The molecule has 3 aromatic rings. The molecule has 1 unspecified atom stereocenters. The van der Waals surface area contributed by atoms with E-state index in [-0.39, 0.29) is 11.9 Å². The molecule has 2 heterocycles. The van der Waals surface area contributed by atoms with Crippen LogP contribution >= 0.6 is 11.3 Å². The van der Waals surface area contributed by atoms with Crippen molar-refractivity contribution in [2.45, 2.75) is 32.2 Å². The Balaban J connectivity index is 1.64. The first-order valence-electron chi connectivity index (χ1n) is 7.51. The zero-order valence-electron chi connectivity index (χ0n) is 12.5. The van der Waals surface area contributed by atoms with Crippen LogP contribution in [0.1, 0.15) is 35.3 Å². The Morgan fingerprint density at radius 3 is 2.83 bits per heavy atom. The van der Waals surface area contributed by atoms with E-state index in [0.29, 0.717) is 11.9 Å². The largest absolute Gasteiger partial charge is 0.408 e. The van der Waals surface area contributed by atoms with Gasteiger partial charge < -0.3 is 9.73 Å². The number of nitrogens with one attached hydrogen (secondary N) is 1. The topological polar surface area (TPSA) is 63.8 Å². The molecule has 1 aliphatic rings. The fourth-order valence-electron chi connectivity index (χ4n) is 2.78. The van der Waals surface area contributed by atoms with Gasteiger partial charge >= 0.3 is 6.01 Å². The van der Waals surface area contributed by atoms with Gasteiger partial charge in [0.1, 0.15) is 10.8 Å². The molecule has 1 aromatic carbocycles. The average Bonchev–Trinajstić information content (AvgIpc) is 3.15. The third kappa shape index (κ3) is 2.84. The van der Waals surface area contributed by atoms with Crippen molar-refractivity contribution in [3.63, 3.8) is 0 Å². The van der Waals surface area contributed by atoms with Gasteiger partial charge in [0.25, 0.3) is 0 Å². The maximum Gasteiger partial charge on any atom is 0.315 e. The normalized spacial score (nSPS) is 17.0. The first kappa shape index (κ1) is 14.3. The lowest BCUT2D eigenvalue weighted by molar-refractivity contribution is 0.508. The summed E-state index contributed by atoms with van der Waals surface area (Å²) in [5, 5.41) is 12.0. The summed E-state index contributed by atoms with van der Waals surface area (Å²) in [4.78, 5) is 6.05. The lowest BCUT2D eigenvalue weighted by Gasteiger charge is -2.20. The molecule has 0 fully saturated rings. The molecule has 1 atom stereocenters. The van der Waals surface area contributed by atoms with Crippen LogP contribution in [-0.2, 0) is 6.42 Å². The van der Waals surface area contributed by atoms with Crippen molar-refractivity contribution in [3.05, 3.63) is 46.5 Å². The second kappa shape index (κ2) is 5.73. The predicted molar refractivity (Wildman–Crippen MR) is 85.8 cm³/mol. The van der Waals surface area contributed by atoms with Crippen molar-refractivity contribution in [2.24, 2.45) is 0 Å². The molecule has 0 saturated carbocycles. The zero-order chi connectivity index (χ0) is 15.8. The second-order valence-corrected chi connectivity index (χ2v) is 6.63. The fraction of sp³-hybridized carbons (Fsp3) is 0.312. The Bertz CT molecular complexity index is 827. The first-order chi connectivity index (χ1) is 11.2. The van der Waals surface area contributed by atoms with Gasteiger partial charge in [-0.25, -0.2) is 9.37 Å². The lowest BCUT2D eigenvalue weighted by Crippen LogP contribution is -2.17. The van der Waals surface area contributed by atoms with E-state index in [1.807, 2.05) is 0 Å². The number of rotatable bonds is 3. The number of hydrogen-bond acceptors (Lipinski definition) is 6. The number of hydrogen-bond donors (Lipinski definition) is 1. The number of aromatic nitrogens is 3. The summed E-state index contributed by atoms with van der Waals surface area (Å²) < 4.78 is 18.5. The van der Waals surface area contributed by atoms with E-state index in [1.165, 1.54) is 17.0 Å². The van der Waals surface area contributed by atoms with E-state index in [0.717, 1.165) is 35.5 Å². The minimum atomic E-state index is -0.235. The Hall–Kier alpha value is -2.28. The van der Waals surface area contributed by atoms with Crippen molar-refractivity contribution in [1.82, 2.24) is 15.2 Å². The SMILES string of the molecule is Cc1nnc(NC2CCCc3sc(-c4ccc(F)cc4)nc32)o1. The fourth-order valence-corrected chi connectivity index (χ4v) is 3.95. The standard InChI is InChI=1S/C16H15FN4OS/c1-9-20-21-16(22-9)18-12-3-2-4-13-14(12)19-15(23-13)10-5-7-11(17)8-6-10/h5-8,12H,2-4H2,1H3,(H,18,21). The van der Waals surface area contributed by atoms with E-state index in [4.69, 9.17) is 9.40 Å². The molecule has 2 aromatic heterocycles. The molecule has 118 valence electrons. The zero-order valence-corrected chi connectivity index (χ0v) is 13.4. The summed E-state index contributed by atoms with van der Waals surface area (Å²) in [6.45, 7) is 1.76.